The molecule has 1 aliphatic carbocycles. The van der Waals surface area contributed by atoms with E-state index in [1.54, 1.807) is 18.2 Å². The summed E-state index contributed by atoms with van der Waals surface area (Å²) in [5.74, 6) is -0.303. The maximum Gasteiger partial charge on any atom is 0.280 e. The molecule has 2 heterocycles. The smallest absolute Gasteiger partial charge is 0.280 e. The molecule has 1 aliphatic rings. The summed E-state index contributed by atoms with van der Waals surface area (Å²) in [6.45, 7) is 0. The Morgan fingerprint density at radius 2 is 1.89 bits per heavy atom. The molecule has 0 aliphatic heterocycles. The third kappa shape index (κ3) is 4.27. The number of carbonyl (C=O) groups is 1. The van der Waals surface area contributed by atoms with Crippen LogP contribution in [0.2, 0.25) is 0 Å². The minimum Gasteiger partial charge on any atom is -0.463 e. The van der Waals surface area contributed by atoms with Crippen LogP contribution in [0.4, 0.5) is 5.13 Å². The molecule has 8 heteroatoms. The predicted molar refractivity (Wildman–Crippen MR) is 147 cm³/mol. The Kier molecular flexibility index (Phi) is 5.99. The maximum atomic E-state index is 13.8. The SMILES string of the molecule is O=C(c1ccc2c(c1)CCCC2)N(/N=C/c1coc2ccccc2c1=O)c1nc2ccc(Br)cc2s1. The first-order valence-electron chi connectivity index (χ1n) is 11.6. The van der Waals surface area contributed by atoms with Crippen molar-refractivity contribution in [2.24, 2.45) is 5.10 Å². The average molecular weight is 558 g/mol. The van der Waals surface area contributed by atoms with E-state index >= 15 is 0 Å². The highest BCUT2D eigenvalue weighted by Crippen LogP contribution is 2.32. The van der Waals surface area contributed by atoms with Crippen molar-refractivity contribution in [1.82, 2.24) is 4.98 Å². The fourth-order valence-corrected chi connectivity index (χ4v) is 5.93. The van der Waals surface area contributed by atoms with Crippen molar-refractivity contribution in [2.45, 2.75) is 25.7 Å². The minimum atomic E-state index is -0.303. The second-order valence-corrected chi connectivity index (χ2v) is 10.6. The fraction of sp³-hybridized carbons (Fsp3) is 0.143. The molecule has 1 amide bonds. The van der Waals surface area contributed by atoms with E-state index < -0.39 is 0 Å². The average Bonchev–Trinajstić information content (AvgIpc) is 3.32. The van der Waals surface area contributed by atoms with E-state index in [1.165, 1.54) is 46.4 Å². The summed E-state index contributed by atoms with van der Waals surface area (Å²) in [7, 11) is 0. The van der Waals surface area contributed by atoms with Crippen LogP contribution in [0.25, 0.3) is 21.2 Å². The fourth-order valence-electron chi connectivity index (χ4n) is 4.46. The van der Waals surface area contributed by atoms with E-state index in [4.69, 9.17) is 4.42 Å². The van der Waals surface area contributed by atoms with Crippen molar-refractivity contribution in [3.05, 3.63) is 104 Å². The van der Waals surface area contributed by atoms with Crippen LogP contribution in [0, 0.1) is 0 Å². The third-order valence-electron chi connectivity index (χ3n) is 6.33. The van der Waals surface area contributed by atoms with Gasteiger partial charge in [0.05, 0.1) is 27.4 Å². The molecule has 0 saturated heterocycles. The zero-order valence-corrected chi connectivity index (χ0v) is 21.5. The largest absolute Gasteiger partial charge is 0.463 e. The van der Waals surface area contributed by atoms with E-state index in [0.717, 1.165) is 34.0 Å². The number of amides is 1. The highest BCUT2D eigenvalue weighted by molar-refractivity contribution is 9.10. The van der Waals surface area contributed by atoms with E-state index in [9.17, 15) is 9.59 Å². The van der Waals surface area contributed by atoms with E-state index in [-0.39, 0.29) is 16.9 Å². The second-order valence-electron chi connectivity index (χ2n) is 8.68. The van der Waals surface area contributed by atoms with Gasteiger partial charge < -0.3 is 4.42 Å². The number of hydrazone groups is 1. The van der Waals surface area contributed by atoms with Gasteiger partial charge >= 0.3 is 0 Å². The number of fused-ring (bicyclic) bond motifs is 3. The van der Waals surface area contributed by atoms with Crippen LogP contribution in [0.3, 0.4) is 0 Å². The van der Waals surface area contributed by atoms with Gasteiger partial charge in [-0.2, -0.15) is 10.1 Å². The number of benzene rings is 3. The van der Waals surface area contributed by atoms with Gasteiger partial charge in [-0.15, -0.1) is 0 Å². The van der Waals surface area contributed by atoms with Gasteiger partial charge in [-0.1, -0.05) is 45.5 Å². The first kappa shape index (κ1) is 22.8. The van der Waals surface area contributed by atoms with E-state index in [0.29, 0.717) is 21.7 Å². The molecule has 0 saturated carbocycles. The standard InChI is InChI=1S/C28H20BrN3O3S/c29-21-11-12-23-25(14-21)36-28(31-23)32(27(34)19-10-9-17-5-1-2-6-18(17)13-19)30-15-20-16-35-24-8-4-3-7-22(24)26(20)33/h3-4,7-16H,1-2,5-6H2/b30-15+. The second kappa shape index (κ2) is 9.44. The monoisotopic (exact) mass is 557 g/mol. The molecule has 0 N–H and O–H groups in total. The molecule has 178 valence electrons. The van der Waals surface area contributed by atoms with Crippen LogP contribution >= 0.6 is 27.3 Å². The van der Waals surface area contributed by atoms with Crippen LogP contribution in [0.15, 0.2) is 85.7 Å². The highest BCUT2D eigenvalue weighted by Gasteiger charge is 2.23. The van der Waals surface area contributed by atoms with Gasteiger partial charge in [-0.3, -0.25) is 9.59 Å². The molecule has 5 aromatic rings. The van der Waals surface area contributed by atoms with Gasteiger partial charge in [0, 0.05) is 10.0 Å². The topological polar surface area (TPSA) is 75.8 Å². The Bertz CT molecular complexity index is 1720. The molecule has 0 bridgehead atoms. The summed E-state index contributed by atoms with van der Waals surface area (Å²) in [6.07, 6.45) is 7.04. The number of aryl methyl sites for hydroxylation is 2. The number of halogens is 1. The van der Waals surface area contributed by atoms with E-state index in [2.05, 4.69) is 26.0 Å². The number of rotatable bonds is 4. The van der Waals surface area contributed by atoms with Gasteiger partial charge in [-0.25, -0.2) is 4.98 Å². The first-order chi connectivity index (χ1) is 17.6. The van der Waals surface area contributed by atoms with Crippen molar-refractivity contribution in [3.8, 4) is 0 Å². The Hall–Kier alpha value is -3.62. The molecule has 0 radical (unpaired) electrons. The van der Waals surface area contributed by atoms with Crippen LogP contribution in [-0.2, 0) is 12.8 Å². The van der Waals surface area contributed by atoms with E-state index in [1.807, 2.05) is 42.5 Å². The number of thiazole rings is 1. The molecule has 0 atom stereocenters. The van der Waals surface area contributed by atoms with Gasteiger partial charge in [0.1, 0.15) is 11.8 Å². The quantitative estimate of drug-likeness (QED) is 0.181. The molecule has 36 heavy (non-hydrogen) atoms. The predicted octanol–water partition coefficient (Wildman–Crippen LogP) is 6.72. The number of hydrogen-bond acceptors (Lipinski definition) is 6. The molecular formula is C28H20BrN3O3S. The van der Waals surface area contributed by atoms with Gasteiger partial charge in [-0.05, 0) is 79.3 Å². The Morgan fingerprint density at radius 1 is 1.06 bits per heavy atom. The normalized spacial score (nSPS) is 13.4. The number of para-hydroxylation sites is 1. The summed E-state index contributed by atoms with van der Waals surface area (Å²) in [5, 5.41) is 6.63. The Labute approximate surface area is 219 Å². The number of aromatic nitrogens is 1. The molecule has 2 aromatic heterocycles. The number of anilines is 1. The third-order valence-corrected chi connectivity index (χ3v) is 7.81. The lowest BCUT2D eigenvalue weighted by molar-refractivity contribution is 0.0987. The lowest BCUT2D eigenvalue weighted by Gasteiger charge is -2.18. The van der Waals surface area contributed by atoms with Gasteiger partial charge in [0.25, 0.3) is 5.91 Å². The van der Waals surface area contributed by atoms with Crippen molar-refractivity contribution in [1.29, 1.82) is 0 Å². The Balaban J connectivity index is 1.43. The Morgan fingerprint density at radius 3 is 2.78 bits per heavy atom. The van der Waals surface area contributed by atoms with Crippen LogP contribution in [-0.4, -0.2) is 17.1 Å². The van der Waals surface area contributed by atoms with Crippen molar-refractivity contribution in [2.75, 3.05) is 5.01 Å². The number of carbonyl (C=O) groups excluding carboxylic acids is 1. The molecular weight excluding hydrogens is 538 g/mol. The minimum absolute atomic E-state index is 0.213. The van der Waals surface area contributed by atoms with Crippen LogP contribution in [0.5, 0.6) is 0 Å². The summed E-state index contributed by atoms with van der Waals surface area (Å²) < 4.78 is 7.46. The molecule has 0 spiro atoms. The summed E-state index contributed by atoms with van der Waals surface area (Å²) in [6, 6.07) is 18.7. The zero-order chi connectivity index (χ0) is 24.6. The summed E-state index contributed by atoms with van der Waals surface area (Å²) >= 11 is 4.85. The molecule has 0 unspecified atom stereocenters. The molecule has 3 aromatic carbocycles. The first-order valence-corrected chi connectivity index (χ1v) is 13.2. The summed E-state index contributed by atoms with van der Waals surface area (Å²) in [5.41, 5.74) is 4.35. The van der Waals surface area contributed by atoms with Crippen LogP contribution < -0.4 is 10.4 Å². The van der Waals surface area contributed by atoms with Crippen molar-refractivity contribution in [3.63, 3.8) is 0 Å². The molecule has 6 rings (SSSR count). The van der Waals surface area contributed by atoms with Gasteiger partial charge in [0.2, 0.25) is 10.6 Å². The number of hydrogen-bond donors (Lipinski definition) is 0. The lowest BCUT2D eigenvalue weighted by atomic mass is 9.90. The van der Waals surface area contributed by atoms with Crippen LogP contribution in [0.1, 0.15) is 39.9 Å². The highest BCUT2D eigenvalue weighted by atomic mass is 79.9. The van der Waals surface area contributed by atoms with Crippen molar-refractivity contribution >= 4 is 65.7 Å². The molecule has 6 nitrogen and oxygen atoms in total. The lowest BCUT2D eigenvalue weighted by Crippen LogP contribution is -2.26. The maximum absolute atomic E-state index is 13.8. The van der Waals surface area contributed by atoms with Crippen molar-refractivity contribution < 1.29 is 9.21 Å². The summed E-state index contributed by atoms with van der Waals surface area (Å²) in [4.78, 5) is 31.4. The molecule has 0 fully saturated rings. The number of nitrogens with zero attached hydrogens (tertiary/aromatic N) is 3. The van der Waals surface area contributed by atoms with Gasteiger partial charge in [0.15, 0.2) is 0 Å². The zero-order valence-electron chi connectivity index (χ0n) is 19.1.